The largest absolute Gasteiger partial charge is 0.507 e. The second-order valence-corrected chi connectivity index (χ2v) is 3.60. The predicted octanol–water partition coefficient (Wildman–Crippen LogP) is 3.85. The first-order valence-corrected chi connectivity index (χ1v) is 4.79. The van der Waals surface area contributed by atoms with Crippen LogP contribution in [0.5, 0.6) is 5.75 Å². The molecule has 0 aliphatic heterocycles. The lowest BCUT2D eigenvalue weighted by Crippen LogP contribution is -1.81. The maximum atomic E-state index is 13.0. The Morgan fingerprint density at radius 2 is 1.67 bits per heavy atom. The van der Waals surface area contributed by atoms with Crippen LogP contribution in [-0.2, 0) is 0 Å². The number of benzene rings is 2. The van der Waals surface area contributed by atoms with E-state index in [0.29, 0.717) is 10.6 Å². The molecular formula is C12H8ClFO. The van der Waals surface area contributed by atoms with Gasteiger partial charge in [0.2, 0.25) is 0 Å². The molecule has 1 nitrogen and oxygen atoms in total. The van der Waals surface area contributed by atoms with E-state index in [1.807, 2.05) is 0 Å². The van der Waals surface area contributed by atoms with Gasteiger partial charge in [0, 0.05) is 10.6 Å². The molecule has 0 aromatic heterocycles. The third kappa shape index (κ3) is 2.10. The Bertz CT molecular complexity index is 479. The lowest BCUT2D eigenvalue weighted by molar-refractivity contribution is 0.475. The maximum Gasteiger partial charge on any atom is 0.124 e. The molecule has 1 N–H and O–H groups in total. The van der Waals surface area contributed by atoms with Crippen molar-refractivity contribution in [3.05, 3.63) is 53.3 Å². The topological polar surface area (TPSA) is 20.2 Å². The van der Waals surface area contributed by atoms with Gasteiger partial charge in [-0.05, 0) is 35.9 Å². The highest BCUT2D eigenvalue weighted by Gasteiger charge is 2.05. The van der Waals surface area contributed by atoms with Gasteiger partial charge in [0.15, 0.2) is 0 Å². The molecule has 0 saturated heterocycles. The molecule has 15 heavy (non-hydrogen) atoms. The Balaban J connectivity index is 2.53. The Labute approximate surface area is 91.8 Å². The first-order valence-electron chi connectivity index (χ1n) is 4.41. The van der Waals surface area contributed by atoms with Crippen molar-refractivity contribution in [2.24, 2.45) is 0 Å². The highest BCUT2D eigenvalue weighted by Crippen LogP contribution is 2.30. The molecule has 0 radical (unpaired) electrons. The first-order chi connectivity index (χ1) is 7.16. The van der Waals surface area contributed by atoms with Crippen molar-refractivity contribution in [2.75, 3.05) is 0 Å². The SMILES string of the molecule is Oc1ccc(F)cc1-c1ccc(Cl)cc1. The van der Waals surface area contributed by atoms with Gasteiger partial charge >= 0.3 is 0 Å². The van der Waals surface area contributed by atoms with Crippen LogP contribution in [-0.4, -0.2) is 5.11 Å². The smallest absolute Gasteiger partial charge is 0.124 e. The van der Waals surface area contributed by atoms with Crippen molar-refractivity contribution in [1.82, 2.24) is 0 Å². The van der Waals surface area contributed by atoms with Crippen molar-refractivity contribution < 1.29 is 9.50 Å². The van der Waals surface area contributed by atoms with E-state index < -0.39 is 0 Å². The Morgan fingerprint density at radius 1 is 1.00 bits per heavy atom. The molecule has 0 amide bonds. The monoisotopic (exact) mass is 222 g/mol. The van der Waals surface area contributed by atoms with Gasteiger partial charge in [0.05, 0.1) is 0 Å². The minimum absolute atomic E-state index is 0.0544. The van der Waals surface area contributed by atoms with Gasteiger partial charge in [-0.25, -0.2) is 4.39 Å². The van der Waals surface area contributed by atoms with Crippen molar-refractivity contribution in [2.45, 2.75) is 0 Å². The van der Waals surface area contributed by atoms with E-state index in [1.165, 1.54) is 18.2 Å². The zero-order chi connectivity index (χ0) is 10.8. The summed E-state index contributed by atoms with van der Waals surface area (Å²) in [5.41, 5.74) is 1.20. The number of halogens is 2. The second-order valence-electron chi connectivity index (χ2n) is 3.17. The summed E-state index contributed by atoms with van der Waals surface area (Å²) in [6.45, 7) is 0. The summed E-state index contributed by atoms with van der Waals surface area (Å²) in [5, 5.41) is 10.2. The van der Waals surface area contributed by atoms with Crippen LogP contribution in [0, 0.1) is 5.82 Å². The van der Waals surface area contributed by atoms with Crippen molar-refractivity contribution >= 4 is 11.6 Å². The maximum absolute atomic E-state index is 13.0. The van der Waals surface area contributed by atoms with Crippen LogP contribution in [0.2, 0.25) is 5.02 Å². The summed E-state index contributed by atoms with van der Waals surface area (Å²) >= 11 is 5.73. The van der Waals surface area contributed by atoms with Crippen molar-refractivity contribution in [1.29, 1.82) is 0 Å². The van der Waals surface area contributed by atoms with E-state index in [4.69, 9.17) is 11.6 Å². The molecule has 2 aromatic rings. The normalized spacial score (nSPS) is 10.3. The summed E-state index contributed by atoms with van der Waals surface area (Å²) in [4.78, 5) is 0. The van der Waals surface area contributed by atoms with Crippen LogP contribution >= 0.6 is 11.6 Å². The van der Waals surface area contributed by atoms with E-state index in [2.05, 4.69) is 0 Å². The summed E-state index contributed by atoms with van der Waals surface area (Å²) in [6, 6.07) is 10.7. The van der Waals surface area contributed by atoms with Crippen LogP contribution < -0.4 is 0 Å². The van der Waals surface area contributed by atoms with Gasteiger partial charge in [-0.1, -0.05) is 23.7 Å². The lowest BCUT2D eigenvalue weighted by atomic mass is 10.0. The fourth-order valence-corrected chi connectivity index (χ4v) is 1.49. The Morgan fingerprint density at radius 3 is 2.33 bits per heavy atom. The molecule has 0 fully saturated rings. The summed E-state index contributed by atoms with van der Waals surface area (Å²) in [6.07, 6.45) is 0. The van der Waals surface area contributed by atoms with Gasteiger partial charge in [0.1, 0.15) is 11.6 Å². The average molecular weight is 223 g/mol. The van der Waals surface area contributed by atoms with E-state index >= 15 is 0 Å². The molecule has 0 aliphatic rings. The molecule has 0 saturated carbocycles. The van der Waals surface area contributed by atoms with Gasteiger partial charge in [-0.3, -0.25) is 0 Å². The number of phenolic OH excluding ortho intramolecular Hbond substituents is 1. The third-order valence-corrected chi connectivity index (χ3v) is 2.37. The van der Waals surface area contributed by atoms with Crippen LogP contribution in [0.4, 0.5) is 4.39 Å². The zero-order valence-electron chi connectivity index (χ0n) is 7.74. The molecule has 2 rings (SSSR count). The average Bonchev–Trinajstić information content (AvgIpc) is 2.23. The Kier molecular flexibility index (Phi) is 2.60. The molecule has 0 unspecified atom stereocenters. The highest BCUT2D eigenvalue weighted by atomic mass is 35.5. The molecule has 3 heteroatoms. The fraction of sp³-hybridized carbons (Fsp3) is 0. The first kappa shape index (κ1) is 9.99. The molecule has 2 aromatic carbocycles. The third-order valence-electron chi connectivity index (χ3n) is 2.11. The van der Waals surface area contributed by atoms with Gasteiger partial charge < -0.3 is 5.11 Å². The predicted molar refractivity (Wildman–Crippen MR) is 58.5 cm³/mol. The van der Waals surface area contributed by atoms with E-state index in [9.17, 15) is 9.50 Å². The molecule has 76 valence electrons. The highest BCUT2D eigenvalue weighted by molar-refractivity contribution is 6.30. The van der Waals surface area contributed by atoms with Crippen LogP contribution in [0.3, 0.4) is 0 Å². The van der Waals surface area contributed by atoms with E-state index in [-0.39, 0.29) is 11.6 Å². The van der Waals surface area contributed by atoms with Gasteiger partial charge in [-0.2, -0.15) is 0 Å². The fourth-order valence-electron chi connectivity index (χ4n) is 1.37. The molecule has 0 aliphatic carbocycles. The van der Waals surface area contributed by atoms with E-state index in [0.717, 1.165) is 5.56 Å². The minimum Gasteiger partial charge on any atom is -0.507 e. The van der Waals surface area contributed by atoms with Gasteiger partial charge in [0.25, 0.3) is 0 Å². The Hall–Kier alpha value is -1.54. The summed E-state index contributed by atoms with van der Waals surface area (Å²) < 4.78 is 13.0. The van der Waals surface area contributed by atoms with Crippen LogP contribution in [0.15, 0.2) is 42.5 Å². The molecule has 0 bridgehead atoms. The van der Waals surface area contributed by atoms with Crippen LogP contribution in [0.1, 0.15) is 0 Å². The summed E-state index contributed by atoms with van der Waals surface area (Å²) in [5.74, 6) is -0.323. The molecule has 0 heterocycles. The van der Waals surface area contributed by atoms with Crippen molar-refractivity contribution in [3.63, 3.8) is 0 Å². The number of hydrogen-bond donors (Lipinski definition) is 1. The quantitative estimate of drug-likeness (QED) is 0.777. The summed E-state index contributed by atoms with van der Waals surface area (Å²) in [7, 11) is 0. The molecule has 0 atom stereocenters. The second kappa shape index (κ2) is 3.91. The standard InChI is InChI=1S/C12H8ClFO/c13-9-3-1-8(2-4-9)11-7-10(14)5-6-12(11)15/h1-7,15H. The number of rotatable bonds is 1. The number of aromatic hydroxyl groups is 1. The zero-order valence-corrected chi connectivity index (χ0v) is 8.50. The minimum atomic E-state index is -0.377. The number of phenols is 1. The molecule has 0 spiro atoms. The molecular weight excluding hydrogens is 215 g/mol. The van der Waals surface area contributed by atoms with Crippen molar-refractivity contribution in [3.8, 4) is 16.9 Å². The van der Waals surface area contributed by atoms with Gasteiger partial charge in [-0.15, -0.1) is 0 Å². The lowest BCUT2D eigenvalue weighted by Gasteiger charge is -2.04. The number of hydrogen-bond acceptors (Lipinski definition) is 1. The van der Waals surface area contributed by atoms with E-state index in [1.54, 1.807) is 24.3 Å². The van der Waals surface area contributed by atoms with Crippen LogP contribution in [0.25, 0.3) is 11.1 Å².